The number of benzene rings is 1. The van der Waals surface area contributed by atoms with E-state index in [1.807, 2.05) is 0 Å². The summed E-state index contributed by atoms with van der Waals surface area (Å²) < 4.78 is 15.4. The Morgan fingerprint density at radius 2 is 2.20 bits per heavy atom. The fourth-order valence-corrected chi connectivity index (χ4v) is 2.00. The van der Waals surface area contributed by atoms with Crippen molar-refractivity contribution in [1.82, 2.24) is 20.1 Å². The lowest BCUT2D eigenvalue weighted by Crippen LogP contribution is -2.19. The number of rotatable bonds is 6. The van der Waals surface area contributed by atoms with E-state index in [0.29, 0.717) is 30.4 Å². The zero-order chi connectivity index (χ0) is 14.5. The molecule has 1 N–H and O–H groups in total. The molecular formula is C14H18ClFN4. The molecule has 1 aromatic heterocycles. The van der Waals surface area contributed by atoms with E-state index >= 15 is 0 Å². The highest BCUT2D eigenvalue weighted by Crippen LogP contribution is 2.18. The molecular weight excluding hydrogens is 279 g/mol. The molecule has 0 fully saturated rings. The second-order valence-corrected chi connectivity index (χ2v) is 5.50. The van der Waals surface area contributed by atoms with Crippen LogP contribution in [0.25, 0.3) is 0 Å². The first-order valence-corrected chi connectivity index (χ1v) is 6.96. The van der Waals surface area contributed by atoms with Crippen molar-refractivity contribution >= 4 is 11.6 Å². The number of nitrogens with zero attached hydrogens (tertiary/aromatic N) is 3. The minimum absolute atomic E-state index is 0.126. The summed E-state index contributed by atoms with van der Waals surface area (Å²) in [7, 11) is 0. The van der Waals surface area contributed by atoms with Gasteiger partial charge in [-0.05, 0) is 18.5 Å². The number of hydrogen-bond acceptors (Lipinski definition) is 3. The predicted molar refractivity (Wildman–Crippen MR) is 77.1 cm³/mol. The maximum absolute atomic E-state index is 13.8. The van der Waals surface area contributed by atoms with Crippen LogP contribution in [0.2, 0.25) is 5.02 Å². The third-order valence-corrected chi connectivity index (χ3v) is 3.08. The van der Waals surface area contributed by atoms with Crippen LogP contribution in [0.3, 0.4) is 0 Å². The first-order chi connectivity index (χ1) is 9.56. The van der Waals surface area contributed by atoms with Crippen molar-refractivity contribution in [2.75, 3.05) is 6.54 Å². The molecule has 0 saturated heterocycles. The third kappa shape index (κ3) is 4.02. The zero-order valence-electron chi connectivity index (χ0n) is 11.6. The van der Waals surface area contributed by atoms with Crippen LogP contribution in [0.1, 0.15) is 25.2 Å². The maximum Gasteiger partial charge on any atom is 0.164 e. The van der Waals surface area contributed by atoms with Gasteiger partial charge in [0.2, 0.25) is 0 Å². The van der Waals surface area contributed by atoms with E-state index in [2.05, 4.69) is 29.2 Å². The van der Waals surface area contributed by atoms with Crippen molar-refractivity contribution in [2.24, 2.45) is 5.92 Å². The molecule has 0 aliphatic carbocycles. The van der Waals surface area contributed by atoms with Gasteiger partial charge in [0.15, 0.2) is 5.82 Å². The van der Waals surface area contributed by atoms with E-state index in [-0.39, 0.29) is 5.02 Å². The Morgan fingerprint density at radius 3 is 2.95 bits per heavy atom. The zero-order valence-corrected chi connectivity index (χ0v) is 12.4. The average molecular weight is 297 g/mol. The Labute approximate surface area is 123 Å². The second-order valence-electron chi connectivity index (χ2n) is 5.10. The van der Waals surface area contributed by atoms with Crippen molar-refractivity contribution < 1.29 is 4.39 Å². The number of hydrogen-bond donors (Lipinski definition) is 1. The van der Waals surface area contributed by atoms with Gasteiger partial charge in [-0.2, -0.15) is 5.10 Å². The number of aromatic nitrogens is 3. The number of halogens is 2. The van der Waals surface area contributed by atoms with Crippen molar-refractivity contribution in [3.63, 3.8) is 0 Å². The Morgan fingerprint density at radius 1 is 1.40 bits per heavy atom. The summed E-state index contributed by atoms with van der Waals surface area (Å²) in [5.41, 5.74) is 0.504. The molecule has 2 rings (SSSR count). The highest BCUT2D eigenvalue weighted by atomic mass is 35.5. The van der Waals surface area contributed by atoms with Gasteiger partial charge in [-0.25, -0.2) is 14.1 Å². The Hall–Kier alpha value is -1.46. The van der Waals surface area contributed by atoms with Crippen LogP contribution in [0.4, 0.5) is 4.39 Å². The summed E-state index contributed by atoms with van der Waals surface area (Å²) in [4.78, 5) is 4.20. The van der Waals surface area contributed by atoms with Gasteiger partial charge >= 0.3 is 0 Å². The monoisotopic (exact) mass is 296 g/mol. The van der Waals surface area contributed by atoms with E-state index in [1.165, 1.54) is 6.07 Å². The van der Waals surface area contributed by atoms with Crippen molar-refractivity contribution in [3.05, 3.63) is 46.8 Å². The molecule has 108 valence electrons. The normalized spacial score (nSPS) is 11.2. The largest absolute Gasteiger partial charge is 0.310 e. The molecule has 0 aliphatic rings. The van der Waals surface area contributed by atoms with Gasteiger partial charge in [0, 0.05) is 5.56 Å². The smallest absolute Gasteiger partial charge is 0.164 e. The lowest BCUT2D eigenvalue weighted by molar-refractivity contribution is 0.538. The van der Waals surface area contributed by atoms with Gasteiger partial charge in [-0.1, -0.05) is 37.6 Å². The van der Waals surface area contributed by atoms with Gasteiger partial charge in [0.25, 0.3) is 0 Å². The summed E-state index contributed by atoms with van der Waals surface area (Å²) in [5, 5.41) is 7.70. The van der Waals surface area contributed by atoms with Crippen molar-refractivity contribution in [1.29, 1.82) is 0 Å². The molecule has 0 radical (unpaired) electrons. The highest BCUT2D eigenvalue weighted by molar-refractivity contribution is 6.30. The second kappa shape index (κ2) is 6.81. The summed E-state index contributed by atoms with van der Waals surface area (Å²) in [6.07, 6.45) is 1.60. The fourth-order valence-electron chi connectivity index (χ4n) is 1.81. The van der Waals surface area contributed by atoms with Crippen LogP contribution in [-0.2, 0) is 13.1 Å². The predicted octanol–water partition coefficient (Wildman–Crippen LogP) is 2.86. The van der Waals surface area contributed by atoms with Crippen LogP contribution >= 0.6 is 11.6 Å². The molecule has 1 aromatic carbocycles. The molecule has 0 aliphatic heterocycles. The van der Waals surface area contributed by atoms with E-state index in [9.17, 15) is 4.39 Å². The molecule has 0 spiro atoms. The van der Waals surface area contributed by atoms with Crippen molar-refractivity contribution in [3.8, 4) is 0 Å². The topological polar surface area (TPSA) is 42.7 Å². The van der Waals surface area contributed by atoms with Crippen LogP contribution in [-0.4, -0.2) is 21.3 Å². The van der Waals surface area contributed by atoms with Crippen molar-refractivity contribution in [2.45, 2.75) is 26.9 Å². The molecule has 4 nitrogen and oxygen atoms in total. The van der Waals surface area contributed by atoms with Crippen LogP contribution in [0, 0.1) is 11.7 Å². The molecule has 0 unspecified atom stereocenters. The van der Waals surface area contributed by atoms with Gasteiger partial charge < -0.3 is 5.32 Å². The Balaban J connectivity index is 1.97. The van der Waals surface area contributed by atoms with Crippen LogP contribution < -0.4 is 5.32 Å². The summed E-state index contributed by atoms with van der Waals surface area (Å²) in [5.74, 6) is 0.884. The minimum Gasteiger partial charge on any atom is -0.310 e. The third-order valence-electron chi connectivity index (χ3n) is 2.78. The molecule has 6 heteroatoms. The first-order valence-electron chi connectivity index (χ1n) is 6.58. The van der Waals surface area contributed by atoms with Gasteiger partial charge in [-0.15, -0.1) is 0 Å². The highest BCUT2D eigenvalue weighted by Gasteiger charge is 2.08. The average Bonchev–Trinajstić information content (AvgIpc) is 2.82. The molecule has 0 bridgehead atoms. The molecule has 0 amide bonds. The van der Waals surface area contributed by atoms with E-state index in [1.54, 1.807) is 23.1 Å². The van der Waals surface area contributed by atoms with E-state index in [4.69, 9.17) is 11.6 Å². The standard InChI is InChI=1S/C14H18ClFN4/c1-10(2)6-17-7-13-18-9-20(19-13)8-11-4-3-5-12(15)14(11)16/h3-5,9-10,17H,6-8H2,1-2H3. The van der Waals surface area contributed by atoms with Crippen LogP contribution in [0.5, 0.6) is 0 Å². The molecule has 2 aromatic rings. The van der Waals surface area contributed by atoms with E-state index < -0.39 is 5.82 Å². The van der Waals surface area contributed by atoms with E-state index in [0.717, 1.165) is 6.54 Å². The maximum atomic E-state index is 13.8. The SMILES string of the molecule is CC(C)CNCc1ncn(Cc2cccc(Cl)c2F)n1. The molecule has 20 heavy (non-hydrogen) atoms. The molecule has 1 heterocycles. The first kappa shape index (κ1) is 14.9. The minimum atomic E-state index is -0.399. The quantitative estimate of drug-likeness (QED) is 0.891. The van der Waals surface area contributed by atoms with Gasteiger partial charge in [0.05, 0.1) is 18.1 Å². The summed E-state index contributed by atoms with van der Waals surface area (Å²) in [6, 6.07) is 4.95. The van der Waals surface area contributed by atoms with Gasteiger partial charge in [0.1, 0.15) is 12.1 Å². The lowest BCUT2D eigenvalue weighted by Gasteiger charge is -2.05. The van der Waals surface area contributed by atoms with Crippen LogP contribution in [0.15, 0.2) is 24.5 Å². The summed E-state index contributed by atoms with van der Waals surface area (Å²) in [6.45, 7) is 6.13. The summed E-state index contributed by atoms with van der Waals surface area (Å²) >= 11 is 5.75. The molecule has 0 saturated carbocycles. The number of nitrogens with one attached hydrogen (secondary N) is 1. The fraction of sp³-hybridized carbons (Fsp3) is 0.429. The molecule has 0 atom stereocenters. The lowest BCUT2D eigenvalue weighted by atomic mass is 10.2. The Kier molecular flexibility index (Phi) is 5.09. The van der Waals surface area contributed by atoms with Gasteiger partial charge in [-0.3, -0.25) is 0 Å². The Bertz CT molecular complexity index is 568.